The van der Waals surface area contributed by atoms with E-state index < -0.39 is 0 Å². The van der Waals surface area contributed by atoms with Crippen molar-refractivity contribution >= 4 is 11.8 Å². The first-order valence-corrected chi connectivity index (χ1v) is 7.45. The molecule has 0 spiro atoms. The largest absolute Gasteiger partial charge is 0.493 e. The van der Waals surface area contributed by atoms with E-state index in [1.807, 2.05) is 23.9 Å². The average molecular weight is 250 g/mol. The third-order valence-corrected chi connectivity index (χ3v) is 5.05. The Kier molecular flexibility index (Phi) is 3.30. The van der Waals surface area contributed by atoms with E-state index in [2.05, 4.69) is 6.07 Å². The van der Waals surface area contributed by atoms with Crippen molar-refractivity contribution in [1.82, 2.24) is 0 Å². The van der Waals surface area contributed by atoms with Crippen LogP contribution in [0.4, 0.5) is 0 Å². The molecule has 0 radical (unpaired) electrons. The van der Waals surface area contributed by atoms with Gasteiger partial charge in [0.1, 0.15) is 5.75 Å². The van der Waals surface area contributed by atoms with Crippen molar-refractivity contribution < 1.29 is 9.84 Å². The molecule has 2 atom stereocenters. The summed E-state index contributed by atoms with van der Waals surface area (Å²) in [5.74, 6) is 2.14. The minimum atomic E-state index is -0.365. The maximum atomic E-state index is 10.5. The lowest BCUT2D eigenvalue weighted by molar-refractivity contribution is 0.164. The fraction of sp³-hybridized carbons (Fsp3) is 0.571. The van der Waals surface area contributed by atoms with Gasteiger partial charge in [0, 0.05) is 10.8 Å². The number of benzene rings is 1. The van der Waals surface area contributed by atoms with Gasteiger partial charge in [-0.2, -0.15) is 11.8 Å². The van der Waals surface area contributed by atoms with Gasteiger partial charge < -0.3 is 9.84 Å². The molecule has 0 aromatic heterocycles. The molecule has 1 aromatic carbocycles. The van der Waals surface area contributed by atoms with Crippen molar-refractivity contribution in [3.05, 3.63) is 29.3 Å². The van der Waals surface area contributed by atoms with E-state index >= 15 is 0 Å². The van der Waals surface area contributed by atoms with Gasteiger partial charge in [-0.1, -0.05) is 18.2 Å². The van der Waals surface area contributed by atoms with Gasteiger partial charge in [0.25, 0.3) is 0 Å². The predicted molar refractivity (Wildman–Crippen MR) is 70.7 cm³/mol. The Labute approximate surface area is 106 Å². The van der Waals surface area contributed by atoms with Gasteiger partial charge in [0.05, 0.1) is 12.7 Å². The standard InChI is InChI=1S/C14H18O2S/c15-13(12-7-3-9-17-12)11-6-1-4-10-5-2-8-16-14(10)11/h1,4,6,12-13,15H,2-3,5,7-9H2. The van der Waals surface area contributed by atoms with Crippen molar-refractivity contribution in [2.75, 3.05) is 12.4 Å². The Morgan fingerprint density at radius 1 is 1.35 bits per heavy atom. The lowest BCUT2D eigenvalue weighted by atomic mass is 9.97. The van der Waals surface area contributed by atoms with Gasteiger partial charge >= 0.3 is 0 Å². The van der Waals surface area contributed by atoms with Crippen LogP contribution < -0.4 is 4.74 Å². The molecule has 1 N–H and O–H groups in total. The molecule has 2 aliphatic rings. The molecule has 3 heteroatoms. The van der Waals surface area contributed by atoms with Gasteiger partial charge in [-0.15, -0.1) is 0 Å². The van der Waals surface area contributed by atoms with Gasteiger partial charge in [-0.05, 0) is 37.0 Å². The van der Waals surface area contributed by atoms with Crippen molar-refractivity contribution in [1.29, 1.82) is 0 Å². The van der Waals surface area contributed by atoms with Crippen LogP contribution in [0.15, 0.2) is 18.2 Å². The number of aryl methyl sites for hydroxylation is 1. The number of thioether (sulfide) groups is 1. The fourth-order valence-corrected chi connectivity index (χ4v) is 4.00. The van der Waals surface area contributed by atoms with Gasteiger partial charge in [0.2, 0.25) is 0 Å². The number of aliphatic hydroxyl groups is 1. The van der Waals surface area contributed by atoms with Crippen molar-refractivity contribution in [3.63, 3.8) is 0 Å². The Morgan fingerprint density at radius 2 is 2.29 bits per heavy atom. The van der Waals surface area contributed by atoms with E-state index in [0.717, 1.165) is 37.2 Å². The van der Waals surface area contributed by atoms with Crippen LogP contribution in [0.5, 0.6) is 5.75 Å². The molecule has 1 saturated heterocycles. The maximum Gasteiger partial charge on any atom is 0.128 e. The number of hydrogen-bond donors (Lipinski definition) is 1. The SMILES string of the molecule is OC(c1cccc2c1OCCC2)C1CCCS1. The highest BCUT2D eigenvalue weighted by Gasteiger charge is 2.28. The maximum absolute atomic E-state index is 10.5. The number of ether oxygens (including phenoxy) is 1. The first kappa shape index (κ1) is 11.4. The smallest absolute Gasteiger partial charge is 0.128 e. The monoisotopic (exact) mass is 250 g/mol. The van der Waals surface area contributed by atoms with E-state index in [1.54, 1.807) is 0 Å². The fourth-order valence-electron chi connectivity index (χ4n) is 2.70. The van der Waals surface area contributed by atoms with E-state index in [1.165, 1.54) is 17.7 Å². The highest BCUT2D eigenvalue weighted by molar-refractivity contribution is 8.00. The number of para-hydroxylation sites is 1. The Balaban J connectivity index is 1.91. The van der Waals surface area contributed by atoms with Crippen LogP contribution in [0.1, 0.15) is 36.5 Å². The quantitative estimate of drug-likeness (QED) is 0.875. The zero-order chi connectivity index (χ0) is 11.7. The molecule has 1 fully saturated rings. The number of fused-ring (bicyclic) bond motifs is 1. The Morgan fingerprint density at radius 3 is 3.12 bits per heavy atom. The first-order valence-electron chi connectivity index (χ1n) is 6.40. The minimum Gasteiger partial charge on any atom is -0.493 e. The van der Waals surface area contributed by atoms with Crippen LogP contribution >= 0.6 is 11.8 Å². The average Bonchev–Trinajstić information content (AvgIpc) is 2.91. The summed E-state index contributed by atoms with van der Waals surface area (Å²) >= 11 is 1.89. The predicted octanol–water partition coefficient (Wildman–Crippen LogP) is 2.94. The van der Waals surface area contributed by atoms with Crippen LogP contribution in [0.3, 0.4) is 0 Å². The molecular weight excluding hydrogens is 232 g/mol. The minimum absolute atomic E-state index is 0.354. The third kappa shape index (κ3) is 2.18. The lowest BCUT2D eigenvalue weighted by Gasteiger charge is -2.25. The van der Waals surface area contributed by atoms with Crippen LogP contribution in [0.25, 0.3) is 0 Å². The molecule has 92 valence electrons. The summed E-state index contributed by atoms with van der Waals surface area (Å²) in [6, 6.07) is 6.19. The normalized spacial score (nSPS) is 25.1. The molecule has 3 rings (SSSR count). The lowest BCUT2D eigenvalue weighted by Crippen LogP contribution is -2.17. The summed E-state index contributed by atoms with van der Waals surface area (Å²) in [7, 11) is 0. The molecule has 0 bridgehead atoms. The first-order chi connectivity index (χ1) is 8.36. The molecule has 1 aromatic rings. The van der Waals surface area contributed by atoms with Crippen molar-refractivity contribution in [2.24, 2.45) is 0 Å². The highest BCUT2D eigenvalue weighted by Crippen LogP contribution is 2.41. The second-order valence-corrected chi connectivity index (χ2v) is 6.13. The van der Waals surface area contributed by atoms with Crippen molar-refractivity contribution in [3.8, 4) is 5.75 Å². The summed E-state index contributed by atoms with van der Waals surface area (Å²) in [5.41, 5.74) is 2.26. The van der Waals surface area contributed by atoms with Crippen LogP contribution in [0, 0.1) is 0 Å². The Hall–Kier alpha value is -0.670. The molecular formula is C14H18O2S. The van der Waals surface area contributed by atoms with Crippen LogP contribution in [-0.2, 0) is 6.42 Å². The topological polar surface area (TPSA) is 29.5 Å². The van der Waals surface area contributed by atoms with Gasteiger partial charge in [-0.3, -0.25) is 0 Å². The van der Waals surface area contributed by atoms with Crippen molar-refractivity contribution in [2.45, 2.75) is 37.0 Å². The third-order valence-electron chi connectivity index (χ3n) is 3.60. The summed E-state index contributed by atoms with van der Waals surface area (Å²) in [6.07, 6.45) is 4.14. The summed E-state index contributed by atoms with van der Waals surface area (Å²) in [6.45, 7) is 0.786. The van der Waals surface area contributed by atoms with E-state index in [-0.39, 0.29) is 6.10 Å². The zero-order valence-corrected chi connectivity index (χ0v) is 10.7. The molecule has 0 saturated carbocycles. The van der Waals surface area contributed by atoms with E-state index in [4.69, 9.17) is 4.74 Å². The molecule has 2 unspecified atom stereocenters. The summed E-state index contributed by atoms with van der Waals surface area (Å²) in [5, 5.41) is 10.8. The Bertz CT molecular complexity index is 399. The zero-order valence-electron chi connectivity index (χ0n) is 9.89. The van der Waals surface area contributed by atoms with Gasteiger partial charge in [-0.25, -0.2) is 0 Å². The molecule has 2 aliphatic heterocycles. The highest BCUT2D eigenvalue weighted by atomic mass is 32.2. The summed E-state index contributed by atoms with van der Waals surface area (Å²) in [4.78, 5) is 0. The second-order valence-electron chi connectivity index (χ2n) is 4.78. The molecule has 0 aliphatic carbocycles. The molecule has 17 heavy (non-hydrogen) atoms. The van der Waals surface area contributed by atoms with E-state index in [0.29, 0.717) is 5.25 Å². The van der Waals surface area contributed by atoms with Gasteiger partial charge in [0.15, 0.2) is 0 Å². The number of hydrogen-bond acceptors (Lipinski definition) is 3. The molecule has 0 amide bonds. The molecule has 2 heterocycles. The summed E-state index contributed by atoms with van der Waals surface area (Å²) < 4.78 is 5.77. The molecule has 2 nitrogen and oxygen atoms in total. The van der Waals surface area contributed by atoms with Crippen LogP contribution in [0.2, 0.25) is 0 Å². The number of aliphatic hydroxyl groups excluding tert-OH is 1. The number of rotatable bonds is 2. The van der Waals surface area contributed by atoms with E-state index in [9.17, 15) is 5.11 Å². The van der Waals surface area contributed by atoms with Crippen LogP contribution in [-0.4, -0.2) is 22.7 Å². The second kappa shape index (κ2) is 4.91.